The molecule has 0 unspecified atom stereocenters. The molecule has 1 heterocycles. The van der Waals surface area contributed by atoms with Crippen LogP contribution < -0.4 is 10.1 Å². The fraction of sp³-hybridized carbons (Fsp3) is 0.304. The molecule has 1 aliphatic rings. The van der Waals surface area contributed by atoms with Gasteiger partial charge in [-0.25, -0.2) is 0 Å². The third kappa shape index (κ3) is 9.49. The summed E-state index contributed by atoms with van der Waals surface area (Å²) in [6.45, 7) is 9.09. The van der Waals surface area contributed by atoms with Gasteiger partial charge in [-0.15, -0.1) is 0 Å². The summed E-state index contributed by atoms with van der Waals surface area (Å²) >= 11 is 1.15. The Bertz CT molecular complexity index is 890. The zero-order valence-corrected chi connectivity index (χ0v) is 19.7. The van der Waals surface area contributed by atoms with Crippen LogP contribution in [0.5, 0.6) is 5.75 Å². The fourth-order valence-corrected chi connectivity index (χ4v) is 3.29. The van der Waals surface area contributed by atoms with E-state index in [-0.39, 0.29) is 18.9 Å². The van der Waals surface area contributed by atoms with Gasteiger partial charge in [0, 0.05) is 5.34 Å². The van der Waals surface area contributed by atoms with Crippen LogP contribution in [0, 0.1) is 6.92 Å². The Labute approximate surface area is 192 Å². The molecule has 0 spiro atoms. The first-order valence-corrected chi connectivity index (χ1v) is 10.9. The lowest BCUT2D eigenvalue weighted by Gasteiger charge is -2.27. The number of rotatable bonds is 8. The highest BCUT2D eigenvalue weighted by Gasteiger charge is 2.21. The third-order valence-electron chi connectivity index (χ3n) is 3.95. The van der Waals surface area contributed by atoms with Crippen molar-refractivity contribution in [1.82, 2.24) is 15.6 Å². The normalized spacial score (nSPS) is 12.5. The minimum absolute atomic E-state index is 0.118. The second-order valence-electron chi connectivity index (χ2n) is 6.28. The molecule has 0 fully saturated rings. The Morgan fingerprint density at radius 3 is 2.69 bits per heavy atom. The van der Waals surface area contributed by atoms with E-state index in [1.54, 1.807) is 7.11 Å². The highest BCUT2D eigenvalue weighted by atomic mass is 32.2. The van der Waals surface area contributed by atoms with E-state index in [4.69, 9.17) is 4.74 Å². The molecule has 1 N–H and O–H groups in total. The number of carbonyl (C=O) groups excluding carboxylic acids is 1. The predicted molar refractivity (Wildman–Crippen MR) is 127 cm³/mol. The molecule has 0 saturated heterocycles. The Hall–Kier alpha value is -2.91. The standard InChI is InChI=1S/C21H24F2N4O2S.C2H6/c1-4-30-21-19(13-24-14-26(21)15-27(22)23)25-20(28)12-17-7-5-6-8-18(29-3)11-16(2)9-10-17;1-2/h4-11,14H,1,12-13,15H2,2-3H3,(H,25,28);1-2H3. The van der Waals surface area contributed by atoms with Crippen molar-refractivity contribution < 1.29 is 18.5 Å². The highest BCUT2D eigenvalue weighted by molar-refractivity contribution is 8.05. The molecule has 1 amide bonds. The number of hydrogen-bond donors (Lipinski definition) is 1. The molecule has 0 bridgehead atoms. The molecular weight excluding hydrogens is 434 g/mol. The SMILES string of the molecule is C=CSC1=C(NC(=O)Cc2ccccc(OC)cc(C)cc2)CN=CN1CN(F)F.CC. The summed E-state index contributed by atoms with van der Waals surface area (Å²) in [6, 6.07) is 13.0. The molecular formula is C23H30F2N4O2S. The number of hydrogen-bond acceptors (Lipinski definition) is 6. The molecule has 1 aromatic carbocycles. The lowest BCUT2D eigenvalue weighted by atomic mass is 10.1. The quantitative estimate of drug-likeness (QED) is 0.534. The molecule has 2 rings (SSSR count). The molecule has 0 atom stereocenters. The van der Waals surface area contributed by atoms with E-state index >= 15 is 0 Å². The van der Waals surface area contributed by atoms with Crippen LogP contribution in [0.2, 0.25) is 0 Å². The summed E-state index contributed by atoms with van der Waals surface area (Å²) in [5.74, 6) is 0.461. The summed E-state index contributed by atoms with van der Waals surface area (Å²) in [4.78, 5) is 17.9. The summed E-state index contributed by atoms with van der Waals surface area (Å²) < 4.78 is 30.6. The Morgan fingerprint density at radius 1 is 1.31 bits per heavy atom. The van der Waals surface area contributed by atoms with Gasteiger partial charge in [0.05, 0.1) is 32.1 Å². The molecule has 32 heavy (non-hydrogen) atoms. The van der Waals surface area contributed by atoms with Crippen molar-refractivity contribution in [3.8, 4) is 5.75 Å². The molecule has 1 aliphatic heterocycles. The van der Waals surface area contributed by atoms with Crippen LogP contribution in [-0.2, 0) is 11.2 Å². The number of ether oxygens (including phenoxy) is 1. The van der Waals surface area contributed by atoms with Crippen molar-refractivity contribution in [2.75, 3.05) is 20.3 Å². The van der Waals surface area contributed by atoms with Gasteiger partial charge in [-0.2, -0.15) is 0 Å². The van der Waals surface area contributed by atoms with Gasteiger partial charge in [-0.3, -0.25) is 9.79 Å². The third-order valence-corrected chi connectivity index (χ3v) is 4.82. The molecule has 6 nitrogen and oxygen atoms in total. The molecule has 9 heteroatoms. The summed E-state index contributed by atoms with van der Waals surface area (Å²) in [6.07, 6.45) is 1.44. The van der Waals surface area contributed by atoms with Gasteiger partial charge in [0.15, 0.2) is 0 Å². The van der Waals surface area contributed by atoms with Crippen LogP contribution in [0.25, 0.3) is 0 Å². The lowest BCUT2D eigenvalue weighted by molar-refractivity contribution is -0.168. The maximum atomic E-state index is 12.7. The van der Waals surface area contributed by atoms with Crippen LogP contribution in [0.4, 0.5) is 8.96 Å². The molecule has 0 radical (unpaired) electrons. The number of amides is 1. The van der Waals surface area contributed by atoms with Crippen molar-refractivity contribution in [1.29, 1.82) is 0 Å². The number of aryl methyl sites for hydroxylation is 1. The van der Waals surface area contributed by atoms with E-state index < -0.39 is 12.0 Å². The number of aliphatic imine (C=N–C) groups is 1. The average Bonchev–Trinajstić information content (AvgIpc) is 2.77. The summed E-state index contributed by atoms with van der Waals surface area (Å²) in [5, 5.41) is 3.82. The topological polar surface area (TPSA) is 57.2 Å². The van der Waals surface area contributed by atoms with E-state index in [0.29, 0.717) is 10.7 Å². The highest BCUT2D eigenvalue weighted by Crippen LogP contribution is 2.26. The largest absolute Gasteiger partial charge is 0.497 e. The average molecular weight is 465 g/mol. The minimum atomic E-state index is -0.957. The number of nitrogens with one attached hydrogen (secondary N) is 1. The predicted octanol–water partition coefficient (Wildman–Crippen LogP) is 5.23. The van der Waals surface area contributed by atoms with Crippen molar-refractivity contribution in [3.05, 3.63) is 76.3 Å². The maximum Gasteiger partial charge on any atom is 0.228 e. The number of thioether (sulfide) groups is 1. The Kier molecular flexibility index (Phi) is 12.7. The number of carbonyl (C=O) groups is 1. The van der Waals surface area contributed by atoms with Gasteiger partial charge in [0.2, 0.25) is 5.91 Å². The van der Waals surface area contributed by atoms with Gasteiger partial charge >= 0.3 is 0 Å². The smallest absolute Gasteiger partial charge is 0.228 e. The van der Waals surface area contributed by atoms with E-state index in [0.717, 1.165) is 28.6 Å². The molecule has 1 aromatic rings. The van der Waals surface area contributed by atoms with Gasteiger partial charge in [-0.05, 0) is 35.6 Å². The second-order valence-corrected chi connectivity index (χ2v) is 7.24. The van der Waals surface area contributed by atoms with Gasteiger partial charge < -0.3 is 15.0 Å². The van der Waals surface area contributed by atoms with Crippen LogP contribution >= 0.6 is 11.8 Å². The minimum Gasteiger partial charge on any atom is -0.497 e. The van der Waals surface area contributed by atoms with Crippen LogP contribution in [-0.4, -0.2) is 42.8 Å². The second kappa shape index (κ2) is 15.0. The van der Waals surface area contributed by atoms with Crippen molar-refractivity contribution >= 4 is 24.0 Å². The summed E-state index contributed by atoms with van der Waals surface area (Å²) in [7, 11) is 1.60. The van der Waals surface area contributed by atoms with E-state index in [2.05, 4.69) is 16.9 Å². The number of methoxy groups -OCH3 is 1. The van der Waals surface area contributed by atoms with Gasteiger partial charge in [-0.1, -0.05) is 71.5 Å². The summed E-state index contributed by atoms with van der Waals surface area (Å²) in [5.41, 5.74) is 2.22. The zero-order chi connectivity index (χ0) is 23.9. The first-order chi connectivity index (χ1) is 15.4. The number of nitrogens with zero attached hydrogens (tertiary/aromatic N) is 3. The van der Waals surface area contributed by atoms with Crippen molar-refractivity contribution in [3.63, 3.8) is 0 Å². The van der Waals surface area contributed by atoms with Crippen LogP contribution in [0.3, 0.4) is 0 Å². The fourth-order valence-electron chi connectivity index (χ4n) is 2.64. The Morgan fingerprint density at radius 2 is 2.03 bits per heavy atom. The van der Waals surface area contributed by atoms with E-state index in [1.807, 2.05) is 63.2 Å². The maximum absolute atomic E-state index is 12.7. The molecule has 174 valence electrons. The Balaban J connectivity index is 0.00000249. The van der Waals surface area contributed by atoms with Crippen LogP contribution in [0.1, 0.15) is 25.0 Å². The van der Waals surface area contributed by atoms with Crippen molar-refractivity contribution in [2.45, 2.75) is 27.2 Å². The van der Waals surface area contributed by atoms with E-state index in [9.17, 15) is 13.8 Å². The van der Waals surface area contributed by atoms with Gasteiger partial charge in [0.25, 0.3) is 0 Å². The number of halogens is 2. The molecule has 0 aliphatic carbocycles. The first-order valence-electron chi connectivity index (χ1n) is 10.1. The zero-order valence-electron chi connectivity index (χ0n) is 18.8. The monoisotopic (exact) mass is 464 g/mol. The van der Waals surface area contributed by atoms with Crippen molar-refractivity contribution in [2.24, 2.45) is 4.99 Å². The first kappa shape index (κ1) is 27.1. The van der Waals surface area contributed by atoms with Gasteiger partial charge in [0.1, 0.15) is 17.4 Å². The lowest BCUT2D eigenvalue weighted by Crippen LogP contribution is -2.36. The molecule has 0 saturated carbocycles. The van der Waals surface area contributed by atoms with E-state index in [1.165, 1.54) is 16.6 Å². The molecule has 0 aromatic heterocycles. The van der Waals surface area contributed by atoms with Crippen LogP contribution in [0.15, 0.2) is 70.2 Å².